The maximum Gasteiger partial charge on any atom is 0.265 e. The van der Waals surface area contributed by atoms with Gasteiger partial charge in [-0.15, -0.1) is 0 Å². The minimum absolute atomic E-state index is 0.202. The number of hydrogen-bond acceptors (Lipinski definition) is 5. The second-order valence-electron chi connectivity index (χ2n) is 5.39. The summed E-state index contributed by atoms with van der Waals surface area (Å²) in [4.78, 5) is 16.9. The monoisotopic (exact) mass is 376 g/mol. The summed E-state index contributed by atoms with van der Waals surface area (Å²) in [5.74, 6) is 0.681. The van der Waals surface area contributed by atoms with Crippen molar-refractivity contribution in [3.63, 3.8) is 0 Å². The Balaban J connectivity index is 1.92. The zero-order valence-electron chi connectivity index (χ0n) is 14.9. The molecule has 0 unspecified atom stereocenters. The molecule has 0 atom stereocenters. The quantitative estimate of drug-likeness (QED) is 0.557. The smallest absolute Gasteiger partial charge is 0.265 e. The summed E-state index contributed by atoms with van der Waals surface area (Å²) >= 11 is 6.19. The van der Waals surface area contributed by atoms with Gasteiger partial charge in [0.2, 0.25) is 0 Å². The second kappa shape index (κ2) is 9.68. The van der Waals surface area contributed by atoms with Crippen LogP contribution in [0.15, 0.2) is 41.6 Å². The molecule has 0 radical (unpaired) electrons. The van der Waals surface area contributed by atoms with E-state index in [-0.39, 0.29) is 12.5 Å². The third-order valence-electron chi connectivity index (χ3n) is 3.31. The molecule has 0 aliphatic rings. The number of anilines is 1. The number of aryl methyl sites for hydroxylation is 1. The lowest BCUT2D eigenvalue weighted by Gasteiger charge is -2.11. The second-order valence-corrected chi connectivity index (χ2v) is 5.80. The first-order valence-corrected chi connectivity index (χ1v) is 8.43. The molecular formula is C19H21ClN2O4. The van der Waals surface area contributed by atoms with Crippen LogP contribution in [0, 0.1) is 6.92 Å². The Kier molecular flexibility index (Phi) is 7.29. The molecule has 1 N–H and O–H groups in total. The van der Waals surface area contributed by atoms with Gasteiger partial charge in [-0.25, -0.2) is 0 Å². The van der Waals surface area contributed by atoms with Crippen molar-refractivity contribution in [2.75, 3.05) is 25.6 Å². The van der Waals surface area contributed by atoms with Crippen molar-refractivity contribution < 1.29 is 19.1 Å². The summed E-state index contributed by atoms with van der Waals surface area (Å²) in [5, 5.41) is 6.93. The van der Waals surface area contributed by atoms with Crippen molar-refractivity contribution in [3.05, 3.63) is 52.5 Å². The SMILES string of the molecule is CCOc1c(Cl)cc(/C=N\OCC(=O)Nc2cccc(C)c2)cc1OC. The van der Waals surface area contributed by atoms with Gasteiger partial charge in [-0.1, -0.05) is 28.9 Å². The first kappa shape index (κ1) is 19.6. The van der Waals surface area contributed by atoms with Crippen LogP contribution in [0.1, 0.15) is 18.1 Å². The molecule has 0 bridgehead atoms. The van der Waals surface area contributed by atoms with E-state index in [2.05, 4.69) is 10.5 Å². The van der Waals surface area contributed by atoms with E-state index in [1.165, 1.54) is 13.3 Å². The molecule has 7 heteroatoms. The molecule has 2 aromatic rings. The van der Waals surface area contributed by atoms with Crippen molar-refractivity contribution in [1.29, 1.82) is 0 Å². The third-order valence-corrected chi connectivity index (χ3v) is 3.59. The first-order valence-electron chi connectivity index (χ1n) is 8.05. The highest BCUT2D eigenvalue weighted by atomic mass is 35.5. The largest absolute Gasteiger partial charge is 0.493 e. The predicted octanol–water partition coefficient (Wildman–Crippen LogP) is 4.04. The summed E-state index contributed by atoms with van der Waals surface area (Å²) in [6, 6.07) is 10.9. The Morgan fingerprint density at radius 3 is 2.81 bits per heavy atom. The van der Waals surface area contributed by atoms with E-state index in [0.29, 0.717) is 34.4 Å². The van der Waals surface area contributed by atoms with Crippen molar-refractivity contribution in [2.45, 2.75) is 13.8 Å². The molecule has 0 aromatic heterocycles. The van der Waals surface area contributed by atoms with Gasteiger partial charge in [-0.2, -0.15) is 0 Å². The number of carbonyl (C=O) groups excluding carboxylic acids is 1. The summed E-state index contributed by atoms with van der Waals surface area (Å²) in [6.45, 7) is 4.09. The molecular weight excluding hydrogens is 356 g/mol. The van der Waals surface area contributed by atoms with Gasteiger partial charge < -0.3 is 19.6 Å². The molecule has 0 fully saturated rings. The molecule has 1 amide bonds. The number of benzene rings is 2. The molecule has 2 aromatic carbocycles. The number of ether oxygens (including phenoxy) is 2. The predicted molar refractivity (Wildman–Crippen MR) is 103 cm³/mol. The van der Waals surface area contributed by atoms with Crippen LogP contribution in [0.2, 0.25) is 5.02 Å². The minimum atomic E-state index is -0.296. The Morgan fingerprint density at radius 1 is 1.31 bits per heavy atom. The Morgan fingerprint density at radius 2 is 2.12 bits per heavy atom. The standard InChI is InChI=1S/C19H21ClN2O4/c1-4-25-19-16(20)9-14(10-17(19)24-3)11-21-26-12-18(23)22-15-7-5-6-13(2)8-15/h5-11H,4,12H2,1-3H3,(H,22,23)/b21-11-. The fraction of sp³-hybridized carbons (Fsp3) is 0.263. The maximum atomic E-state index is 11.8. The summed E-state index contributed by atoms with van der Waals surface area (Å²) in [7, 11) is 1.53. The normalized spacial score (nSPS) is 10.6. The highest BCUT2D eigenvalue weighted by Crippen LogP contribution is 2.35. The lowest BCUT2D eigenvalue weighted by molar-refractivity contribution is -0.120. The van der Waals surface area contributed by atoms with Crippen LogP contribution in [0.3, 0.4) is 0 Å². The van der Waals surface area contributed by atoms with Crippen molar-refractivity contribution in [3.8, 4) is 11.5 Å². The van der Waals surface area contributed by atoms with Crippen molar-refractivity contribution in [1.82, 2.24) is 0 Å². The van der Waals surface area contributed by atoms with Crippen LogP contribution in [-0.4, -0.2) is 32.4 Å². The Bertz CT molecular complexity index is 793. The number of halogens is 1. The van der Waals surface area contributed by atoms with Gasteiger partial charge >= 0.3 is 0 Å². The van der Waals surface area contributed by atoms with Gasteiger partial charge in [0, 0.05) is 11.3 Å². The van der Waals surface area contributed by atoms with Crippen LogP contribution >= 0.6 is 11.6 Å². The molecule has 6 nitrogen and oxygen atoms in total. The molecule has 0 aliphatic carbocycles. The van der Waals surface area contributed by atoms with Crippen LogP contribution in [0.25, 0.3) is 0 Å². The van der Waals surface area contributed by atoms with E-state index in [9.17, 15) is 4.79 Å². The van der Waals surface area contributed by atoms with Gasteiger partial charge in [0.25, 0.3) is 5.91 Å². The number of nitrogens with one attached hydrogen (secondary N) is 1. The van der Waals surface area contributed by atoms with Gasteiger partial charge in [0.15, 0.2) is 18.1 Å². The average Bonchev–Trinajstić information content (AvgIpc) is 2.60. The van der Waals surface area contributed by atoms with Crippen LogP contribution in [0.4, 0.5) is 5.69 Å². The minimum Gasteiger partial charge on any atom is -0.493 e. The van der Waals surface area contributed by atoms with Crippen LogP contribution < -0.4 is 14.8 Å². The van der Waals surface area contributed by atoms with Crippen molar-refractivity contribution >= 4 is 29.4 Å². The van der Waals surface area contributed by atoms with Crippen LogP contribution in [0.5, 0.6) is 11.5 Å². The number of oxime groups is 1. The van der Waals surface area contributed by atoms with Crippen LogP contribution in [-0.2, 0) is 9.63 Å². The Hall–Kier alpha value is -2.73. The molecule has 26 heavy (non-hydrogen) atoms. The lowest BCUT2D eigenvalue weighted by Crippen LogP contribution is -2.16. The van der Waals surface area contributed by atoms with Gasteiger partial charge in [-0.3, -0.25) is 4.79 Å². The van der Waals surface area contributed by atoms with Gasteiger partial charge in [0.05, 0.1) is 25.0 Å². The fourth-order valence-corrected chi connectivity index (χ4v) is 2.49. The highest BCUT2D eigenvalue weighted by Gasteiger charge is 2.11. The van der Waals surface area contributed by atoms with E-state index >= 15 is 0 Å². The van der Waals surface area contributed by atoms with E-state index in [0.717, 1.165) is 5.56 Å². The molecule has 0 saturated carbocycles. The van der Waals surface area contributed by atoms with E-state index in [1.807, 2.05) is 38.1 Å². The number of nitrogens with zero attached hydrogens (tertiary/aromatic N) is 1. The molecule has 0 saturated heterocycles. The highest BCUT2D eigenvalue weighted by molar-refractivity contribution is 6.32. The van der Waals surface area contributed by atoms with E-state index < -0.39 is 0 Å². The zero-order valence-corrected chi connectivity index (χ0v) is 15.7. The van der Waals surface area contributed by atoms with Gasteiger partial charge in [-0.05, 0) is 43.7 Å². The van der Waals surface area contributed by atoms with E-state index in [1.54, 1.807) is 12.1 Å². The Labute approximate surface area is 157 Å². The van der Waals surface area contributed by atoms with E-state index in [4.69, 9.17) is 25.9 Å². The number of rotatable bonds is 8. The fourth-order valence-electron chi connectivity index (χ4n) is 2.21. The third kappa shape index (κ3) is 5.67. The number of hydrogen-bond donors (Lipinski definition) is 1. The summed E-state index contributed by atoms with van der Waals surface area (Å²) in [6.07, 6.45) is 1.45. The zero-order chi connectivity index (χ0) is 18.9. The molecule has 0 aliphatic heterocycles. The lowest BCUT2D eigenvalue weighted by atomic mass is 10.2. The van der Waals surface area contributed by atoms with Gasteiger partial charge in [0.1, 0.15) is 0 Å². The topological polar surface area (TPSA) is 69.2 Å². The summed E-state index contributed by atoms with van der Waals surface area (Å²) < 4.78 is 10.7. The molecule has 2 rings (SSSR count). The molecule has 138 valence electrons. The maximum absolute atomic E-state index is 11.8. The number of carbonyl (C=O) groups is 1. The number of amides is 1. The molecule has 0 heterocycles. The average molecular weight is 377 g/mol. The summed E-state index contributed by atoms with van der Waals surface area (Å²) in [5.41, 5.74) is 2.43. The van der Waals surface area contributed by atoms with Crippen molar-refractivity contribution in [2.24, 2.45) is 5.16 Å². The molecule has 0 spiro atoms. The number of methoxy groups -OCH3 is 1. The first-order chi connectivity index (χ1) is 12.5.